The van der Waals surface area contributed by atoms with Gasteiger partial charge in [0.2, 0.25) is 5.91 Å². The number of benzene rings is 3. The molecule has 338 valence electrons. The summed E-state index contributed by atoms with van der Waals surface area (Å²) in [6.45, 7) is 14.3. The van der Waals surface area contributed by atoms with Crippen molar-refractivity contribution in [1.29, 1.82) is 0 Å². The number of aryl methyl sites for hydroxylation is 1. The van der Waals surface area contributed by atoms with Gasteiger partial charge in [-0.3, -0.25) is 19.6 Å². The molecule has 3 aliphatic rings. The summed E-state index contributed by atoms with van der Waals surface area (Å²) >= 11 is 0. The molecule has 0 radical (unpaired) electrons. The van der Waals surface area contributed by atoms with Crippen LogP contribution in [0.1, 0.15) is 74.9 Å². The number of carbonyl (C=O) groups is 3. The number of aromatic amines is 1. The molecule has 3 aromatic heterocycles. The van der Waals surface area contributed by atoms with Gasteiger partial charge in [-0.1, -0.05) is 68.2 Å². The normalized spacial score (nSPS) is 18.5. The quantitative estimate of drug-likeness (QED) is 0.0945. The lowest BCUT2D eigenvalue weighted by Crippen LogP contribution is -2.48. The van der Waals surface area contributed by atoms with Gasteiger partial charge in [-0.05, 0) is 81.3 Å². The molecule has 2 N–H and O–H groups in total. The minimum atomic E-state index is -1.31. The Bertz CT molecular complexity index is 2750. The molecule has 65 heavy (non-hydrogen) atoms. The lowest BCUT2D eigenvalue weighted by Gasteiger charge is -2.29. The third-order valence-electron chi connectivity index (χ3n) is 12.4. The number of likely N-dealkylation sites (tertiary alicyclic amines) is 1. The van der Waals surface area contributed by atoms with Crippen LogP contribution in [0.5, 0.6) is 0 Å². The number of nitrogens with one attached hydrogen (secondary N) is 2. The van der Waals surface area contributed by atoms with E-state index in [4.69, 9.17) is 34.1 Å². The highest BCUT2D eigenvalue weighted by Gasteiger charge is 2.43. The van der Waals surface area contributed by atoms with Crippen molar-refractivity contribution in [2.24, 2.45) is 0 Å². The van der Waals surface area contributed by atoms with Crippen LogP contribution in [0.25, 0.3) is 44.8 Å². The number of rotatable bonds is 11. The van der Waals surface area contributed by atoms with Crippen LogP contribution in [0.4, 0.5) is 15.3 Å². The summed E-state index contributed by atoms with van der Waals surface area (Å²) in [7, 11) is -0.0126. The molecule has 3 aliphatic heterocycles. The molecule has 1 saturated heterocycles. The summed E-state index contributed by atoms with van der Waals surface area (Å²) in [5.74, 6) is 1.28. The molecule has 3 amide bonds. The zero-order chi connectivity index (χ0) is 45.6. The first kappa shape index (κ1) is 43.8. The molecule has 0 saturated carbocycles. The summed E-state index contributed by atoms with van der Waals surface area (Å²) in [6, 6.07) is 20.0. The van der Waals surface area contributed by atoms with Crippen LogP contribution in [0.3, 0.4) is 0 Å². The average Bonchev–Trinajstić information content (AvgIpc) is 4.10. The third kappa shape index (κ3) is 9.14. The van der Waals surface area contributed by atoms with Crippen LogP contribution in [-0.2, 0) is 38.6 Å². The van der Waals surface area contributed by atoms with Crippen LogP contribution < -0.4 is 10.2 Å². The van der Waals surface area contributed by atoms with E-state index < -0.39 is 25.8 Å². The second kappa shape index (κ2) is 17.5. The summed E-state index contributed by atoms with van der Waals surface area (Å²) in [6.07, 6.45) is 7.91. The van der Waals surface area contributed by atoms with E-state index in [9.17, 15) is 14.4 Å². The number of aromatic nitrogens is 6. The Balaban J connectivity index is 0.938. The molecule has 15 nitrogen and oxygen atoms in total. The Labute approximate surface area is 380 Å². The predicted octanol–water partition coefficient (Wildman–Crippen LogP) is 9.24. The SMILES string of the molecule is COC(=O)N[C@H]1CCc2cccc3c2N(C1=O)[C@H](c1ncc(-c2ccc(-c4cnc5cc(-c6cnc(C7CCCN7C(=O)OC(C)(C)C)n6COCC[Si](C)(C)C)ccc5n4)cc2)[nH]1)C3. The highest BCUT2D eigenvalue weighted by atomic mass is 28.3. The minimum absolute atomic E-state index is 0.176. The van der Waals surface area contributed by atoms with Gasteiger partial charge in [-0.25, -0.2) is 24.5 Å². The first-order valence-electron chi connectivity index (χ1n) is 22.5. The van der Waals surface area contributed by atoms with E-state index in [1.54, 1.807) is 22.2 Å². The largest absolute Gasteiger partial charge is 0.453 e. The number of imidazole rings is 2. The molecule has 1 fully saturated rings. The number of amides is 3. The van der Waals surface area contributed by atoms with E-state index in [2.05, 4.69) is 46.6 Å². The maximum Gasteiger partial charge on any atom is 0.410 e. The van der Waals surface area contributed by atoms with Gasteiger partial charge in [0.15, 0.2) is 0 Å². The van der Waals surface area contributed by atoms with Crippen molar-refractivity contribution in [3.05, 3.63) is 102 Å². The van der Waals surface area contributed by atoms with E-state index in [1.807, 2.05) is 75.5 Å². The van der Waals surface area contributed by atoms with E-state index in [0.717, 1.165) is 86.3 Å². The van der Waals surface area contributed by atoms with Crippen LogP contribution >= 0.6 is 0 Å². The van der Waals surface area contributed by atoms with Crippen molar-refractivity contribution in [1.82, 2.24) is 39.7 Å². The fourth-order valence-corrected chi connectivity index (χ4v) is 9.85. The number of alkyl carbamates (subject to hydrolysis) is 1. The molecule has 0 bridgehead atoms. The van der Waals surface area contributed by atoms with Crippen LogP contribution in [0.15, 0.2) is 79.3 Å². The smallest absolute Gasteiger partial charge is 0.410 e. The lowest BCUT2D eigenvalue weighted by atomic mass is 10.0. The molecular weight excluding hydrogens is 839 g/mol. The molecule has 9 rings (SSSR count). The summed E-state index contributed by atoms with van der Waals surface area (Å²) < 4.78 is 19.0. The van der Waals surface area contributed by atoms with Gasteiger partial charge < -0.3 is 29.1 Å². The van der Waals surface area contributed by atoms with Gasteiger partial charge in [0.05, 0.1) is 71.6 Å². The third-order valence-corrected chi connectivity index (χ3v) is 14.1. The number of ether oxygens (including phenoxy) is 3. The van der Waals surface area contributed by atoms with Gasteiger partial charge in [0.25, 0.3) is 0 Å². The van der Waals surface area contributed by atoms with Crippen molar-refractivity contribution in [3.8, 4) is 33.8 Å². The number of para-hydroxylation sites is 1. The molecule has 3 aromatic carbocycles. The van der Waals surface area contributed by atoms with Crippen molar-refractivity contribution in [2.45, 2.75) is 109 Å². The number of hydrogen-bond donors (Lipinski definition) is 2. The van der Waals surface area contributed by atoms with Crippen molar-refractivity contribution in [2.75, 3.05) is 25.2 Å². The van der Waals surface area contributed by atoms with Crippen molar-refractivity contribution in [3.63, 3.8) is 0 Å². The zero-order valence-corrected chi connectivity index (χ0v) is 39.2. The molecule has 6 heterocycles. The number of anilines is 1. The average molecular weight is 896 g/mol. The Morgan fingerprint density at radius 2 is 1.66 bits per heavy atom. The van der Waals surface area contributed by atoms with Gasteiger partial charge in [0.1, 0.15) is 30.0 Å². The highest BCUT2D eigenvalue weighted by Crippen LogP contribution is 2.45. The van der Waals surface area contributed by atoms with Gasteiger partial charge in [-0.15, -0.1) is 0 Å². The van der Waals surface area contributed by atoms with E-state index in [0.29, 0.717) is 45.0 Å². The monoisotopic (exact) mass is 895 g/mol. The number of nitrogens with zero attached hydrogens (tertiary/aromatic N) is 7. The van der Waals surface area contributed by atoms with Crippen molar-refractivity contribution >= 4 is 42.9 Å². The van der Waals surface area contributed by atoms with Gasteiger partial charge >= 0.3 is 12.2 Å². The van der Waals surface area contributed by atoms with Gasteiger partial charge in [-0.2, -0.15) is 0 Å². The van der Waals surface area contributed by atoms with Crippen LogP contribution in [-0.4, -0.2) is 92.5 Å². The highest BCUT2D eigenvalue weighted by molar-refractivity contribution is 6.76. The lowest BCUT2D eigenvalue weighted by molar-refractivity contribution is -0.121. The molecule has 1 unspecified atom stereocenters. The standard InChI is InChI=1S/C49H57N9O6Si/c1-49(2,3)64-48(61)56-21-9-12-40(56)45-52-28-42(57(45)29-63-22-23-65(5,6)7)33-18-19-35-37(24-33)50-26-38(53-35)30-13-15-31(16-14-30)39-27-51-44(54-39)41-25-34-11-8-10-32-17-20-36(55-47(60)62-4)46(59)58(41)43(32)34/h8,10-11,13-16,18-19,24,26-28,36,40-41H,9,12,17,20-23,25,29H2,1-7H3,(H,51,54)(H,55,60)/t36-,40?,41-/m0/s1. The second-order valence-corrected chi connectivity index (χ2v) is 25.0. The second-order valence-electron chi connectivity index (χ2n) is 19.4. The number of H-pyrrole nitrogens is 1. The van der Waals surface area contributed by atoms with Crippen LogP contribution in [0.2, 0.25) is 25.7 Å². The summed E-state index contributed by atoms with van der Waals surface area (Å²) in [4.78, 5) is 66.2. The van der Waals surface area contributed by atoms with E-state index in [1.165, 1.54) is 7.11 Å². The van der Waals surface area contributed by atoms with Crippen LogP contribution in [0, 0.1) is 0 Å². The summed E-state index contributed by atoms with van der Waals surface area (Å²) in [5.41, 5.74) is 9.19. The maximum absolute atomic E-state index is 14.0. The number of hydrogen-bond acceptors (Lipinski definition) is 10. The number of methoxy groups -OCH3 is 1. The number of fused-ring (bicyclic) bond motifs is 1. The molecule has 16 heteroatoms. The Kier molecular flexibility index (Phi) is 11.8. The fourth-order valence-electron chi connectivity index (χ4n) is 9.10. The zero-order valence-electron chi connectivity index (χ0n) is 38.2. The Morgan fingerprint density at radius 1 is 0.892 bits per heavy atom. The maximum atomic E-state index is 14.0. The molecule has 6 aromatic rings. The van der Waals surface area contributed by atoms with Crippen molar-refractivity contribution < 1.29 is 28.6 Å². The number of carbonyl (C=O) groups excluding carboxylic acids is 3. The first-order chi connectivity index (χ1) is 31.1. The Morgan fingerprint density at radius 3 is 2.43 bits per heavy atom. The summed E-state index contributed by atoms with van der Waals surface area (Å²) in [5, 5.41) is 2.74. The van der Waals surface area contributed by atoms with E-state index in [-0.39, 0.29) is 24.1 Å². The molecular formula is C49H57N9O6Si. The Hall–Kier alpha value is -6.39. The molecule has 0 aliphatic carbocycles. The van der Waals surface area contributed by atoms with Gasteiger partial charge in [0, 0.05) is 38.8 Å². The topological polar surface area (TPSA) is 170 Å². The molecule has 3 atom stereocenters. The molecule has 0 spiro atoms. The van der Waals surface area contributed by atoms with E-state index >= 15 is 0 Å². The predicted molar refractivity (Wildman–Crippen MR) is 251 cm³/mol. The fraction of sp³-hybridized carbons (Fsp3) is 0.408. The minimum Gasteiger partial charge on any atom is -0.453 e. The first-order valence-corrected chi connectivity index (χ1v) is 26.2.